The van der Waals surface area contributed by atoms with E-state index in [0.717, 1.165) is 5.56 Å². The Labute approximate surface area is 167 Å². The third kappa shape index (κ3) is 4.55. The molecule has 0 spiro atoms. The normalized spacial score (nSPS) is 18.2. The summed E-state index contributed by atoms with van der Waals surface area (Å²) in [4.78, 5) is 12.6. The fraction of sp³-hybridized carbons (Fsp3) is 0.278. The van der Waals surface area contributed by atoms with E-state index in [0.29, 0.717) is 32.7 Å². The summed E-state index contributed by atoms with van der Waals surface area (Å²) in [5.74, 6) is 0.783. The van der Waals surface area contributed by atoms with Crippen LogP contribution >= 0.6 is 35.0 Å². The molecule has 1 aliphatic heterocycles. The number of fused-ring (bicyclic) bond motifs is 1. The van der Waals surface area contributed by atoms with E-state index in [1.807, 2.05) is 6.07 Å². The van der Waals surface area contributed by atoms with E-state index in [1.54, 1.807) is 36.4 Å². The molecule has 0 fully saturated rings. The van der Waals surface area contributed by atoms with Crippen molar-refractivity contribution in [3.05, 3.63) is 63.6 Å². The molecule has 2 aromatic carbocycles. The van der Waals surface area contributed by atoms with Gasteiger partial charge in [-0.05, 0) is 35.7 Å². The van der Waals surface area contributed by atoms with Crippen molar-refractivity contribution in [1.82, 2.24) is 5.32 Å². The summed E-state index contributed by atoms with van der Waals surface area (Å²) in [7, 11) is -3.25. The molecule has 8 heteroatoms. The number of nitrogens with one attached hydrogen (secondary N) is 1. The van der Waals surface area contributed by atoms with Crippen LogP contribution < -0.4 is 5.32 Å². The Bertz CT molecular complexity index is 932. The zero-order valence-electron chi connectivity index (χ0n) is 13.7. The lowest BCUT2D eigenvalue weighted by Crippen LogP contribution is -2.34. The molecule has 1 N–H and O–H groups in total. The minimum Gasteiger partial charge on any atom is -0.349 e. The van der Waals surface area contributed by atoms with Gasteiger partial charge < -0.3 is 5.32 Å². The van der Waals surface area contributed by atoms with Crippen molar-refractivity contribution in [1.29, 1.82) is 0 Å². The van der Waals surface area contributed by atoms with Crippen LogP contribution in [0.25, 0.3) is 0 Å². The first-order valence-electron chi connectivity index (χ1n) is 7.99. The lowest BCUT2D eigenvalue weighted by molar-refractivity contribution is -0.119. The quantitative estimate of drug-likeness (QED) is 0.770. The molecular weight excluding hydrogens is 413 g/mol. The van der Waals surface area contributed by atoms with Gasteiger partial charge >= 0.3 is 0 Å². The zero-order chi connectivity index (χ0) is 18.7. The number of carbonyl (C=O) groups excluding carboxylic acids is 1. The van der Waals surface area contributed by atoms with Crippen LogP contribution in [-0.2, 0) is 20.4 Å². The molecule has 0 saturated heterocycles. The molecule has 1 unspecified atom stereocenters. The van der Waals surface area contributed by atoms with Gasteiger partial charge in [0, 0.05) is 15.8 Å². The molecule has 0 aliphatic carbocycles. The molecule has 1 amide bonds. The molecular formula is C18H17Cl2NO3S2. The van der Waals surface area contributed by atoms with Gasteiger partial charge in [0.05, 0.1) is 22.4 Å². The summed E-state index contributed by atoms with van der Waals surface area (Å²) in [6.07, 6.45) is 0.388. The fourth-order valence-electron chi connectivity index (χ4n) is 2.87. The maximum absolute atomic E-state index is 12.3. The number of benzene rings is 2. The summed E-state index contributed by atoms with van der Waals surface area (Å²) in [5.41, 5.74) is 1.58. The van der Waals surface area contributed by atoms with Gasteiger partial charge in [-0.3, -0.25) is 4.79 Å². The third-order valence-corrected chi connectivity index (χ3v) is 7.53. The molecule has 2 aromatic rings. The number of amides is 1. The fourth-order valence-corrected chi connectivity index (χ4v) is 5.89. The minimum absolute atomic E-state index is 0.0441. The van der Waals surface area contributed by atoms with Gasteiger partial charge in [-0.25, -0.2) is 8.42 Å². The highest BCUT2D eigenvalue weighted by atomic mass is 35.5. The second-order valence-electron chi connectivity index (χ2n) is 5.99. The second-order valence-corrected chi connectivity index (χ2v) is 9.90. The van der Waals surface area contributed by atoms with E-state index in [4.69, 9.17) is 23.2 Å². The Kier molecular flexibility index (Phi) is 6.17. The number of thioether (sulfide) groups is 1. The average molecular weight is 430 g/mol. The molecule has 1 heterocycles. The lowest BCUT2D eigenvalue weighted by Gasteiger charge is -2.26. The monoisotopic (exact) mass is 429 g/mol. The van der Waals surface area contributed by atoms with Crippen molar-refractivity contribution in [3.63, 3.8) is 0 Å². The predicted molar refractivity (Wildman–Crippen MR) is 107 cm³/mol. The number of hydrogen-bond acceptors (Lipinski definition) is 4. The zero-order valence-corrected chi connectivity index (χ0v) is 16.9. The van der Waals surface area contributed by atoms with E-state index in [1.165, 1.54) is 11.8 Å². The molecule has 0 bridgehead atoms. The maximum atomic E-state index is 12.3. The number of halogens is 2. The smallest absolute Gasteiger partial charge is 0.230 e. The van der Waals surface area contributed by atoms with Crippen molar-refractivity contribution in [2.75, 3.05) is 11.5 Å². The standard InChI is InChI=1S/C18H17Cl2NO3S2/c19-13-6-5-12(15(20)9-13)10-25-11-18(22)21-16-7-8-26(23,24)17-4-2-1-3-14(16)17/h1-6,9,16H,7-8,10-11H2,(H,21,22). The van der Waals surface area contributed by atoms with Crippen LogP contribution in [0.3, 0.4) is 0 Å². The summed E-state index contributed by atoms with van der Waals surface area (Å²) < 4.78 is 24.3. The van der Waals surface area contributed by atoms with E-state index in [9.17, 15) is 13.2 Å². The number of carbonyl (C=O) groups is 1. The summed E-state index contributed by atoms with van der Waals surface area (Å²) >= 11 is 13.4. The maximum Gasteiger partial charge on any atom is 0.230 e. The Morgan fingerprint density at radius 2 is 1.96 bits per heavy atom. The molecule has 1 atom stereocenters. The predicted octanol–water partition coefficient (Wildman–Crippen LogP) is 4.26. The van der Waals surface area contributed by atoms with Crippen molar-refractivity contribution >= 4 is 50.7 Å². The lowest BCUT2D eigenvalue weighted by atomic mass is 10.0. The van der Waals surface area contributed by atoms with Gasteiger partial charge in [-0.1, -0.05) is 47.5 Å². The third-order valence-electron chi connectivity index (χ3n) is 4.15. The van der Waals surface area contributed by atoms with Crippen LogP contribution in [0.2, 0.25) is 10.0 Å². The Hall–Kier alpha value is -1.21. The van der Waals surface area contributed by atoms with Crippen molar-refractivity contribution in [2.24, 2.45) is 0 Å². The molecule has 26 heavy (non-hydrogen) atoms. The Morgan fingerprint density at radius 3 is 2.73 bits per heavy atom. The summed E-state index contributed by atoms with van der Waals surface area (Å²) in [5, 5.41) is 4.10. The van der Waals surface area contributed by atoms with Crippen LogP contribution in [0.15, 0.2) is 47.4 Å². The largest absolute Gasteiger partial charge is 0.349 e. The molecule has 3 rings (SSSR count). The van der Waals surface area contributed by atoms with Crippen LogP contribution in [0.5, 0.6) is 0 Å². The van der Waals surface area contributed by atoms with E-state index < -0.39 is 9.84 Å². The Morgan fingerprint density at radius 1 is 1.19 bits per heavy atom. The highest BCUT2D eigenvalue weighted by Crippen LogP contribution is 2.32. The van der Waals surface area contributed by atoms with Crippen molar-refractivity contribution in [3.8, 4) is 0 Å². The van der Waals surface area contributed by atoms with Gasteiger partial charge in [0.15, 0.2) is 9.84 Å². The van der Waals surface area contributed by atoms with Crippen LogP contribution in [0.1, 0.15) is 23.6 Å². The first kappa shape index (κ1) is 19.5. The highest BCUT2D eigenvalue weighted by Gasteiger charge is 2.30. The first-order chi connectivity index (χ1) is 12.4. The summed E-state index contributed by atoms with van der Waals surface area (Å²) in [6, 6.07) is 11.9. The van der Waals surface area contributed by atoms with Gasteiger partial charge in [-0.15, -0.1) is 11.8 Å². The Balaban J connectivity index is 1.59. The average Bonchev–Trinajstić information content (AvgIpc) is 2.60. The molecule has 138 valence electrons. The molecule has 0 aromatic heterocycles. The van der Waals surface area contributed by atoms with Crippen LogP contribution in [0.4, 0.5) is 0 Å². The molecule has 0 saturated carbocycles. The first-order valence-corrected chi connectivity index (χ1v) is 11.6. The second kappa shape index (κ2) is 8.21. The van der Waals surface area contributed by atoms with E-state index in [-0.39, 0.29) is 23.5 Å². The topological polar surface area (TPSA) is 63.2 Å². The molecule has 0 radical (unpaired) electrons. The van der Waals surface area contributed by atoms with Gasteiger partial charge in [0.1, 0.15) is 0 Å². The highest BCUT2D eigenvalue weighted by molar-refractivity contribution is 7.99. The summed E-state index contributed by atoms with van der Waals surface area (Å²) in [6.45, 7) is 0. The van der Waals surface area contributed by atoms with Crippen LogP contribution in [-0.4, -0.2) is 25.8 Å². The van der Waals surface area contributed by atoms with Gasteiger partial charge in [0.2, 0.25) is 5.91 Å². The van der Waals surface area contributed by atoms with Gasteiger partial charge in [-0.2, -0.15) is 0 Å². The van der Waals surface area contributed by atoms with E-state index in [2.05, 4.69) is 5.32 Å². The van der Waals surface area contributed by atoms with Crippen LogP contribution in [0, 0.1) is 0 Å². The SMILES string of the molecule is O=C(CSCc1ccc(Cl)cc1Cl)NC1CCS(=O)(=O)c2ccccc21. The molecule has 1 aliphatic rings. The van der Waals surface area contributed by atoms with Gasteiger partial charge in [0.25, 0.3) is 0 Å². The number of hydrogen-bond donors (Lipinski definition) is 1. The van der Waals surface area contributed by atoms with Crippen molar-refractivity contribution < 1.29 is 13.2 Å². The minimum atomic E-state index is -3.25. The molecule has 4 nitrogen and oxygen atoms in total. The number of rotatable bonds is 5. The number of sulfone groups is 1. The van der Waals surface area contributed by atoms with Crippen molar-refractivity contribution in [2.45, 2.75) is 23.1 Å². The van der Waals surface area contributed by atoms with E-state index >= 15 is 0 Å².